The molecule has 2 unspecified atom stereocenters. The normalized spacial score (nSPS) is 22.0. The quantitative estimate of drug-likeness (QED) is 0.876. The number of amides is 1. The number of fused-ring (bicyclic) bond motifs is 1. The molecule has 1 aromatic carbocycles. The van der Waals surface area contributed by atoms with Crippen molar-refractivity contribution >= 4 is 5.91 Å². The standard InChI is InChI=1S/C15H22N2O2/c1-10(14(18)16-4)17-12-9-15(2,3)19-13-8-6-5-7-11(12)13/h5-8,10,12,17H,9H2,1-4H3,(H,16,18). The van der Waals surface area contributed by atoms with Crippen LogP contribution in [0.5, 0.6) is 5.75 Å². The predicted octanol–water partition coefficient (Wildman–Crippen LogP) is 2.01. The van der Waals surface area contributed by atoms with Gasteiger partial charge >= 0.3 is 0 Å². The van der Waals surface area contributed by atoms with Crippen molar-refractivity contribution in [3.8, 4) is 5.75 Å². The molecule has 1 aliphatic rings. The lowest BCUT2D eigenvalue weighted by Gasteiger charge is -2.38. The van der Waals surface area contributed by atoms with Gasteiger partial charge in [-0.05, 0) is 26.8 Å². The van der Waals surface area contributed by atoms with Crippen molar-refractivity contribution in [1.29, 1.82) is 0 Å². The van der Waals surface area contributed by atoms with Gasteiger partial charge in [0.1, 0.15) is 11.4 Å². The first-order valence-corrected chi connectivity index (χ1v) is 6.68. The summed E-state index contributed by atoms with van der Waals surface area (Å²) in [5.41, 5.74) is 0.895. The van der Waals surface area contributed by atoms with Crippen molar-refractivity contribution in [2.75, 3.05) is 7.05 Å². The molecule has 1 aliphatic heterocycles. The second-order valence-corrected chi connectivity index (χ2v) is 5.66. The molecule has 104 valence electrons. The molecule has 2 rings (SSSR count). The molecule has 1 amide bonds. The van der Waals surface area contributed by atoms with E-state index in [-0.39, 0.29) is 23.6 Å². The van der Waals surface area contributed by atoms with Crippen LogP contribution >= 0.6 is 0 Å². The molecule has 0 saturated carbocycles. The number of ether oxygens (including phenoxy) is 1. The Morgan fingerprint density at radius 1 is 1.42 bits per heavy atom. The number of hydrogen-bond donors (Lipinski definition) is 2. The average molecular weight is 262 g/mol. The van der Waals surface area contributed by atoms with Crippen molar-refractivity contribution in [2.24, 2.45) is 0 Å². The van der Waals surface area contributed by atoms with Crippen molar-refractivity contribution < 1.29 is 9.53 Å². The van der Waals surface area contributed by atoms with Crippen LogP contribution in [0, 0.1) is 0 Å². The number of hydrogen-bond acceptors (Lipinski definition) is 3. The van der Waals surface area contributed by atoms with Crippen molar-refractivity contribution in [3.63, 3.8) is 0 Å². The van der Waals surface area contributed by atoms with Crippen molar-refractivity contribution in [2.45, 2.75) is 44.9 Å². The van der Waals surface area contributed by atoms with Gasteiger partial charge in [-0.3, -0.25) is 10.1 Å². The zero-order valence-electron chi connectivity index (χ0n) is 12.0. The van der Waals surface area contributed by atoms with Crippen LogP contribution in [0.25, 0.3) is 0 Å². The van der Waals surface area contributed by atoms with Crippen LogP contribution < -0.4 is 15.4 Å². The van der Waals surface area contributed by atoms with E-state index in [1.165, 1.54) is 0 Å². The number of likely N-dealkylation sites (N-methyl/N-ethyl adjacent to an activating group) is 1. The molecule has 2 N–H and O–H groups in total. The third-order valence-corrected chi connectivity index (χ3v) is 3.47. The van der Waals surface area contributed by atoms with Crippen molar-refractivity contribution in [1.82, 2.24) is 10.6 Å². The van der Waals surface area contributed by atoms with E-state index in [1.54, 1.807) is 7.05 Å². The largest absolute Gasteiger partial charge is 0.487 e. The number of benzene rings is 1. The van der Waals surface area contributed by atoms with E-state index in [1.807, 2.05) is 25.1 Å². The Labute approximate surface area is 114 Å². The summed E-state index contributed by atoms with van der Waals surface area (Å²) in [4.78, 5) is 11.7. The van der Waals surface area contributed by atoms with Crippen LogP contribution in [-0.2, 0) is 4.79 Å². The number of carbonyl (C=O) groups excluding carboxylic acids is 1. The topological polar surface area (TPSA) is 50.4 Å². The fourth-order valence-corrected chi connectivity index (χ4v) is 2.54. The molecular weight excluding hydrogens is 240 g/mol. The molecule has 1 heterocycles. The van der Waals surface area contributed by atoms with Gasteiger partial charge in [-0.2, -0.15) is 0 Å². The maximum Gasteiger partial charge on any atom is 0.236 e. The van der Waals surface area contributed by atoms with E-state index in [2.05, 4.69) is 30.5 Å². The molecule has 0 radical (unpaired) electrons. The monoisotopic (exact) mass is 262 g/mol. The van der Waals surface area contributed by atoms with Gasteiger partial charge in [-0.25, -0.2) is 0 Å². The summed E-state index contributed by atoms with van der Waals surface area (Å²) >= 11 is 0. The first-order valence-electron chi connectivity index (χ1n) is 6.68. The average Bonchev–Trinajstić information content (AvgIpc) is 2.36. The summed E-state index contributed by atoms with van der Waals surface area (Å²) in [5.74, 6) is 0.905. The van der Waals surface area contributed by atoms with Gasteiger partial charge in [-0.15, -0.1) is 0 Å². The highest BCUT2D eigenvalue weighted by atomic mass is 16.5. The van der Waals surface area contributed by atoms with E-state index < -0.39 is 0 Å². The Morgan fingerprint density at radius 3 is 2.79 bits per heavy atom. The molecular formula is C15H22N2O2. The minimum absolute atomic E-state index is 0.00165. The van der Waals surface area contributed by atoms with Gasteiger partial charge in [0.05, 0.1) is 6.04 Å². The van der Waals surface area contributed by atoms with Gasteiger partial charge in [0, 0.05) is 25.1 Å². The van der Waals surface area contributed by atoms with Crippen LogP contribution in [-0.4, -0.2) is 24.6 Å². The summed E-state index contributed by atoms with van der Waals surface area (Å²) in [6, 6.07) is 7.91. The summed E-state index contributed by atoms with van der Waals surface area (Å²) in [7, 11) is 1.66. The third-order valence-electron chi connectivity index (χ3n) is 3.47. The molecule has 0 fully saturated rings. The summed E-state index contributed by atoms with van der Waals surface area (Å²) in [6.07, 6.45) is 0.839. The summed E-state index contributed by atoms with van der Waals surface area (Å²) < 4.78 is 5.98. The highest BCUT2D eigenvalue weighted by Gasteiger charge is 2.34. The molecule has 0 aromatic heterocycles. The molecule has 4 heteroatoms. The van der Waals surface area contributed by atoms with Crippen LogP contribution in [0.1, 0.15) is 38.8 Å². The van der Waals surface area contributed by atoms with Crippen LogP contribution in [0.4, 0.5) is 0 Å². The Balaban J connectivity index is 2.23. The second kappa shape index (κ2) is 5.21. The third kappa shape index (κ3) is 3.07. The first kappa shape index (κ1) is 13.9. The lowest BCUT2D eigenvalue weighted by atomic mass is 9.89. The SMILES string of the molecule is CNC(=O)C(C)NC1CC(C)(C)Oc2ccccc21. The molecule has 2 atom stereocenters. The van der Waals surface area contributed by atoms with Crippen LogP contribution in [0.15, 0.2) is 24.3 Å². The van der Waals surface area contributed by atoms with Crippen molar-refractivity contribution in [3.05, 3.63) is 29.8 Å². The minimum Gasteiger partial charge on any atom is -0.487 e. The van der Waals surface area contributed by atoms with E-state index in [4.69, 9.17) is 4.74 Å². The van der Waals surface area contributed by atoms with E-state index in [0.29, 0.717) is 0 Å². The lowest BCUT2D eigenvalue weighted by molar-refractivity contribution is -0.122. The maximum atomic E-state index is 11.7. The zero-order chi connectivity index (χ0) is 14.0. The van der Waals surface area contributed by atoms with E-state index >= 15 is 0 Å². The van der Waals surface area contributed by atoms with E-state index in [0.717, 1.165) is 17.7 Å². The summed E-state index contributed by atoms with van der Waals surface area (Å²) in [6.45, 7) is 6.02. The predicted molar refractivity (Wildman–Crippen MR) is 75.2 cm³/mol. The van der Waals surface area contributed by atoms with E-state index in [9.17, 15) is 4.79 Å². The summed E-state index contributed by atoms with van der Waals surface area (Å²) in [5, 5.41) is 6.06. The number of rotatable bonds is 3. The van der Waals surface area contributed by atoms with Crippen LogP contribution in [0.2, 0.25) is 0 Å². The molecule has 0 bridgehead atoms. The molecule has 0 spiro atoms. The van der Waals surface area contributed by atoms with Crippen LogP contribution in [0.3, 0.4) is 0 Å². The Morgan fingerprint density at radius 2 is 2.11 bits per heavy atom. The second-order valence-electron chi connectivity index (χ2n) is 5.66. The Hall–Kier alpha value is -1.55. The zero-order valence-corrected chi connectivity index (χ0v) is 12.0. The van der Waals surface area contributed by atoms with Gasteiger partial charge in [0.25, 0.3) is 0 Å². The van der Waals surface area contributed by atoms with Gasteiger partial charge in [0.2, 0.25) is 5.91 Å². The lowest BCUT2D eigenvalue weighted by Crippen LogP contribution is -2.46. The molecule has 0 aliphatic carbocycles. The number of carbonyl (C=O) groups is 1. The Bertz CT molecular complexity index is 471. The van der Waals surface area contributed by atoms with Gasteiger partial charge in [-0.1, -0.05) is 18.2 Å². The number of para-hydroxylation sites is 1. The molecule has 0 saturated heterocycles. The fourth-order valence-electron chi connectivity index (χ4n) is 2.54. The van der Waals surface area contributed by atoms with Gasteiger partial charge in [0.15, 0.2) is 0 Å². The molecule has 19 heavy (non-hydrogen) atoms. The number of nitrogens with one attached hydrogen (secondary N) is 2. The van der Waals surface area contributed by atoms with Gasteiger partial charge < -0.3 is 10.1 Å². The molecule has 4 nitrogen and oxygen atoms in total. The molecule has 1 aromatic rings. The fraction of sp³-hybridized carbons (Fsp3) is 0.533. The highest BCUT2D eigenvalue weighted by molar-refractivity contribution is 5.81. The first-order chi connectivity index (χ1) is 8.93. The smallest absolute Gasteiger partial charge is 0.236 e. The highest BCUT2D eigenvalue weighted by Crippen LogP contribution is 2.39. The Kier molecular flexibility index (Phi) is 3.80. The maximum absolute atomic E-state index is 11.7. The minimum atomic E-state index is -0.228.